The second-order valence-electron chi connectivity index (χ2n) is 10.0. The van der Waals surface area contributed by atoms with Crippen molar-refractivity contribution >= 4 is 22.7 Å². The van der Waals surface area contributed by atoms with E-state index in [0.717, 1.165) is 28.7 Å². The molecule has 0 atom stereocenters. The van der Waals surface area contributed by atoms with Crippen LogP contribution in [0.2, 0.25) is 0 Å². The fraction of sp³-hybridized carbons (Fsp3) is 0.560. The first kappa shape index (κ1) is 23.2. The van der Waals surface area contributed by atoms with Gasteiger partial charge in [-0.25, -0.2) is 0 Å². The smallest absolute Gasteiger partial charge is 0.254 e. The molecule has 0 bridgehead atoms. The molecule has 3 rings (SSSR count). The van der Waals surface area contributed by atoms with Gasteiger partial charge >= 0.3 is 0 Å². The molecule has 0 unspecified atom stereocenters. The number of rotatable bonds is 6. The summed E-state index contributed by atoms with van der Waals surface area (Å²) in [4.78, 5) is 34.6. The zero-order chi connectivity index (χ0) is 22.8. The largest absolute Gasteiger partial charge is 0.355 e. The summed E-state index contributed by atoms with van der Waals surface area (Å²) in [5.74, 6) is 0.115. The van der Waals surface area contributed by atoms with Crippen LogP contribution in [0.3, 0.4) is 0 Å². The van der Waals surface area contributed by atoms with Crippen molar-refractivity contribution < 1.29 is 9.59 Å². The summed E-state index contributed by atoms with van der Waals surface area (Å²) in [6, 6.07) is 7.91. The van der Waals surface area contributed by atoms with Gasteiger partial charge in [-0.2, -0.15) is 0 Å². The molecule has 31 heavy (non-hydrogen) atoms. The summed E-state index contributed by atoms with van der Waals surface area (Å²) in [7, 11) is 4.09. The maximum atomic E-state index is 13.3. The number of fused-ring (bicyclic) bond motifs is 1. The molecule has 1 aliphatic rings. The number of aryl methyl sites for hydroxylation is 2. The highest BCUT2D eigenvalue weighted by Gasteiger charge is 2.29. The number of hydrogen-bond acceptors (Lipinski definition) is 4. The van der Waals surface area contributed by atoms with Crippen LogP contribution in [0.25, 0.3) is 10.9 Å². The van der Waals surface area contributed by atoms with Crippen LogP contribution in [-0.2, 0) is 4.79 Å². The highest BCUT2D eigenvalue weighted by Crippen LogP contribution is 2.25. The Morgan fingerprint density at radius 3 is 2.48 bits per heavy atom. The molecule has 168 valence electrons. The standard InChI is InChI=1S/C25H36N4O2/c1-17-7-8-22-20(13-17)21(14-18(2)27-22)24(31)29-11-9-19(10-12-29)23(30)26-15-25(3,4)16-28(5)6/h7-8,13-14,19H,9-12,15-16H2,1-6H3,(H,26,30). The summed E-state index contributed by atoms with van der Waals surface area (Å²) < 4.78 is 0. The number of pyridine rings is 1. The third-order valence-corrected chi connectivity index (χ3v) is 5.96. The number of amides is 2. The van der Waals surface area contributed by atoms with Gasteiger partial charge in [-0.15, -0.1) is 0 Å². The Kier molecular flexibility index (Phi) is 6.99. The highest BCUT2D eigenvalue weighted by molar-refractivity contribution is 6.06. The number of nitrogens with zero attached hydrogens (tertiary/aromatic N) is 3. The lowest BCUT2D eigenvalue weighted by Crippen LogP contribution is -2.46. The number of carbonyl (C=O) groups excluding carboxylic acids is 2. The van der Waals surface area contributed by atoms with E-state index < -0.39 is 0 Å². The number of benzene rings is 1. The molecule has 1 N–H and O–H groups in total. The molecule has 0 saturated carbocycles. The summed E-state index contributed by atoms with van der Waals surface area (Å²) in [6.45, 7) is 11.1. The number of aromatic nitrogens is 1. The van der Waals surface area contributed by atoms with Gasteiger partial charge in [0.15, 0.2) is 0 Å². The van der Waals surface area contributed by atoms with Crippen molar-refractivity contribution in [2.45, 2.75) is 40.5 Å². The molecule has 2 heterocycles. The summed E-state index contributed by atoms with van der Waals surface area (Å²) in [5, 5.41) is 4.04. The average molecular weight is 425 g/mol. The van der Waals surface area contributed by atoms with E-state index in [1.807, 2.05) is 57.1 Å². The van der Waals surface area contributed by atoms with E-state index in [-0.39, 0.29) is 23.1 Å². The van der Waals surface area contributed by atoms with Gasteiger partial charge in [-0.1, -0.05) is 25.5 Å². The van der Waals surface area contributed by atoms with Crippen molar-refractivity contribution in [1.82, 2.24) is 20.1 Å². The SMILES string of the molecule is Cc1ccc2nc(C)cc(C(=O)N3CCC(C(=O)NCC(C)(C)CN(C)C)CC3)c2c1. The van der Waals surface area contributed by atoms with Crippen LogP contribution in [0, 0.1) is 25.2 Å². The van der Waals surface area contributed by atoms with Crippen LogP contribution in [0.1, 0.15) is 48.3 Å². The van der Waals surface area contributed by atoms with E-state index in [9.17, 15) is 9.59 Å². The molecule has 1 aliphatic heterocycles. The number of piperidine rings is 1. The number of likely N-dealkylation sites (tertiary alicyclic amines) is 1. The Labute approximate surface area is 186 Å². The van der Waals surface area contributed by atoms with Crippen LogP contribution in [-0.4, -0.2) is 66.9 Å². The maximum Gasteiger partial charge on any atom is 0.254 e. The number of carbonyl (C=O) groups is 2. The first-order chi connectivity index (χ1) is 14.6. The topological polar surface area (TPSA) is 65.5 Å². The molecule has 1 aromatic carbocycles. The van der Waals surface area contributed by atoms with Crippen molar-refractivity contribution in [3.63, 3.8) is 0 Å². The molecule has 2 aromatic rings. The minimum absolute atomic E-state index is 0.0220. The van der Waals surface area contributed by atoms with Gasteiger partial charge in [0.2, 0.25) is 5.91 Å². The van der Waals surface area contributed by atoms with Crippen molar-refractivity contribution in [2.24, 2.45) is 11.3 Å². The second kappa shape index (κ2) is 9.35. The fourth-order valence-corrected chi connectivity index (χ4v) is 4.55. The molecule has 1 saturated heterocycles. The van der Waals surface area contributed by atoms with E-state index in [0.29, 0.717) is 38.0 Å². The van der Waals surface area contributed by atoms with Gasteiger partial charge < -0.3 is 15.1 Å². The minimum atomic E-state index is -0.0302. The molecular formula is C25H36N4O2. The first-order valence-corrected chi connectivity index (χ1v) is 11.2. The number of hydrogen-bond donors (Lipinski definition) is 1. The second-order valence-corrected chi connectivity index (χ2v) is 10.0. The lowest BCUT2D eigenvalue weighted by atomic mass is 9.91. The van der Waals surface area contributed by atoms with Gasteiger partial charge in [0, 0.05) is 43.2 Å². The predicted octanol–water partition coefficient (Wildman–Crippen LogP) is 3.41. The summed E-state index contributed by atoms with van der Waals surface area (Å²) in [6.07, 6.45) is 1.40. The monoisotopic (exact) mass is 424 g/mol. The molecule has 6 heteroatoms. The lowest BCUT2D eigenvalue weighted by Gasteiger charge is -2.33. The molecule has 1 fully saturated rings. The molecule has 0 spiro atoms. The molecule has 0 aliphatic carbocycles. The Morgan fingerprint density at radius 1 is 1.16 bits per heavy atom. The highest BCUT2D eigenvalue weighted by atomic mass is 16.2. The van der Waals surface area contributed by atoms with Crippen molar-refractivity contribution in [3.8, 4) is 0 Å². The lowest BCUT2D eigenvalue weighted by molar-refractivity contribution is -0.126. The van der Waals surface area contributed by atoms with Crippen molar-refractivity contribution in [1.29, 1.82) is 0 Å². The Hall–Kier alpha value is -2.47. The van der Waals surface area contributed by atoms with Gasteiger partial charge in [-0.3, -0.25) is 14.6 Å². The summed E-state index contributed by atoms with van der Waals surface area (Å²) in [5.41, 5.74) is 3.53. The normalized spacial score (nSPS) is 15.5. The van der Waals surface area contributed by atoms with E-state index in [1.54, 1.807) is 0 Å². The van der Waals surface area contributed by atoms with Crippen LogP contribution < -0.4 is 5.32 Å². The minimum Gasteiger partial charge on any atom is -0.355 e. The van der Waals surface area contributed by atoms with Crippen molar-refractivity contribution in [3.05, 3.63) is 41.1 Å². The zero-order valence-electron chi connectivity index (χ0n) is 19.8. The van der Waals surface area contributed by atoms with Gasteiger partial charge in [0.25, 0.3) is 5.91 Å². The molecular weight excluding hydrogens is 388 g/mol. The maximum absolute atomic E-state index is 13.3. The van der Waals surface area contributed by atoms with E-state index >= 15 is 0 Å². The molecule has 1 aromatic heterocycles. The van der Waals surface area contributed by atoms with Crippen LogP contribution in [0.5, 0.6) is 0 Å². The van der Waals surface area contributed by atoms with E-state index in [4.69, 9.17) is 0 Å². The zero-order valence-corrected chi connectivity index (χ0v) is 19.8. The number of nitrogens with one attached hydrogen (secondary N) is 1. The average Bonchev–Trinajstić information content (AvgIpc) is 2.70. The van der Waals surface area contributed by atoms with Crippen LogP contribution in [0.15, 0.2) is 24.3 Å². The molecule has 0 radical (unpaired) electrons. The quantitative estimate of drug-likeness (QED) is 0.772. The third kappa shape index (κ3) is 5.82. The third-order valence-electron chi connectivity index (χ3n) is 5.96. The van der Waals surface area contributed by atoms with E-state index in [2.05, 4.69) is 29.0 Å². The first-order valence-electron chi connectivity index (χ1n) is 11.2. The summed E-state index contributed by atoms with van der Waals surface area (Å²) >= 11 is 0. The predicted molar refractivity (Wildman–Crippen MR) is 125 cm³/mol. The molecule has 6 nitrogen and oxygen atoms in total. The fourth-order valence-electron chi connectivity index (χ4n) is 4.55. The Morgan fingerprint density at radius 2 is 1.84 bits per heavy atom. The van der Waals surface area contributed by atoms with Crippen LogP contribution >= 0.6 is 0 Å². The molecule has 2 amide bonds. The van der Waals surface area contributed by atoms with Gasteiger partial charge in [0.1, 0.15) is 0 Å². The Bertz CT molecular complexity index is 959. The van der Waals surface area contributed by atoms with Crippen molar-refractivity contribution in [2.75, 3.05) is 40.3 Å². The van der Waals surface area contributed by atoms with Gasteiger partial charge in [0.05, 0.1) is 11.1 Å². The Balaban J connectivity index is 1.62. The van der Waals surface area contributed by atoms with Gasteiger partial charge in [-0.05, 0) is 64.4 Å². The van der Waals surface area contributed by atoms with Crippen LogP contribution in [0.4, 0.5) is 0 Å². The van der Waals surface area contributed by atoms with E-state index in [1.165, 1.54) is 0 Å².